The first-order chi connectivity index (χ1) is 14.9. The van der Waals surface area contributed by atoms with E-state index < -0.39 is 5.91 Å². The standard InChI is InChI=1S/C19H25N9O3/c1-26-7-12(5-23-26)24-17-15(16(20)29)22-6-14(25-17)27-4-2-3-13(8-27)28-11-19(9-21-10-19)31-18(28)30/h5-7,13,21H,2-4,8-11H2,1H3,(H2,20,29)(H,24,25)/t13-/m1/s1. The normalized spacial score (nSPS) is 22.4. The number of aryl methyl sites for hydroxylation is 1. The van der Waals surface area contributed by atoms with Gasteiger partial charge in [-0.2, -0.15) is 5.10 Å². The maximum atomic E-state index is 12.5. The van der Waals surface area contributed by atoms with E-state index >= 15 is 0 Å². The Hall–Kier alpha value is -3.41. The molecule has 12 nitrogen and oxygen atoms in total. The molecule has 4 N–H and O–H groups in total. The van der Waals surface area contributed by atoms with E-state index in [1.54, 1.807) is 30.3 Å². The molecular formula is C19H25N9O3. The Balaban J connectivity index is 1.36. The van der Waals surface area contributed by atoms with Crippen molar-refractivity contribution in [3.05, 3.63) is 24.3 Å². The van der Waals surface area contributed by atoms with Gasteiger partial charge in [0.25, 0.3) is 5.91 Å². The van der Waals surface area contributed by atoms with Gasteiger partial charge in [0.15, 0.2) is 17.1 Å². The second-order valence-corrected chi connectivity index (χ2v) is 8.34. The molecule has 12 heteroatoms. The molecule has 2 amide bonds. The number of nitrogens with zero attached hydrogens (tertiary/aromatic N) is 6. The predicted octanol–water partition coefficient (Wildman–Crippen LogP) is -0.184. The molecule has 2 aromatic rings. The summed E-state index contributed by atoms with van der Waals surface area (Å²) in [5.41, 5.74) is 5.85. The number of nitrogens with one attached hydrogen (secondary N) is 2. The summed E-state index contributed by atoms with van der Waals surface area (Å²) in [6.45, 7) is 3.42. The summed E-state index contributed by atoms with van der Waals surface area (Å²) >= 11 is 0. The van der Waals surface area contributed by atoms with Gasteiger partial charge in [-0.15, -0.1) is 0 Å². The van der Waals surface area contributed by atoms with Crippen LogP contribution in [-0.4, -0.2) is 81.0 Å². The molecule has 0 aromatic carbocycles. The second kappa shape index (κ2) is 7.38. The lowest BCUT2D eigenvalue weighted by atomic mass is 9.96. The molecule has 1 spiro atoms. The first-order valence-corrected chi connectivity index (χ1v) is 10.3. The summed E-state index contributed by atoms with van der Waals surface area (Å²) < 4.78 is 7.27. The zero-order valence-electron chi connectivity index (χ0n) is 17.2. The number of amides is 2. The lowest BCUT2D eigenvalue weighted by molar-refractivity contribution is 0.0140. The number of carbonyl (C=O) groups is 2. The van der Waals surface area contributed by atoms with Crippen LogP contribution in [0.3, 0.4) is 0 Å². The third kappa shape index (κ3) is 3.63. The number of anilines is 3. The van der Waals surface area contributed by atoms with E-state index in [9.17, 15) is 9.59 Å². The molecule has 2 aromatic heterocycles. The molecule has 0 aliphatic carbocycles. The lowest BCUT2D eigenvalue weighted by Gasteiger charge is -2.39. The fourth-order valence-corrected chi connectivity index (χ4v) is 4.36. The number of aromatic nitrogens is 4. The number of rotatable bonds is 5. The van der Waals surface area contributed by atoms with Crippen molar-refractivity contribution in [1.29, 1.82) is 0 Å². The Morgan fingerprint density at radius 3 is 2.87 bits per heavy atom. The van der Waals surface area contributed by atoms with E-state index in [0.29, 0.717) is 37.7 Å². The van der Waals surface area contributed by atoms with Crippen LogP contribution in [0, 0.1) is 0 Å². The van der Waals surface area contributed by atoms with Crippen molar-refractivity contribution in [1.82, 2.24) is 30.0 Å². The fourth-order valence-electron chi connectivity index (χ4n) is 4.36. The van der Waals surface area contributed by atoms with Gasteiger partial charge in [0, 0.05) is 39.4 Å². The molecule has 0 unspecified atom stereocenters. The topological polar surface area (TPSA) is 144 Å². The molecular weight excluding hydrogens is 402 g/mol. The number of piperidine rings is 1. The Morgan fingerprint density at radius 1 is 1.39 bits per heavy atom. The SMILES string of the molecule is Cn1cc(Nc2nc(N3CCC[C@@H](N4CC5(CNC5)OC4=O)C3)cnc2C(N)=O)cn1. The average molecular weight is 427 g/mol. The van der Waals surface area contributed by atoms with Gasteiger partial charge in [-0.3, -0.25) is 14.4 Å². The first kappa shape index (κ1) is 19.5. The minimum absolute atomic E-state index is 0.0357. The lowest BCUT2D eigenvalue weighted by Crippen LogP contribution is -2.62. The summed E-state index contributed by atoms with van der Waals surface area (Å²) in [6, 6.07) is 0.0357. The molecule has 1 atom stereocenters. The highest BCUT2D eigenvalue weighted by atomic mass is 16.6. The third-order valence-electron chi connectivity index (χ3n) is 6.01. The van der Waals surface area contributed by atoms with Gasteiger partial charge >= 0.3 is 6.09 Å². The van der Waals surface area contributed by atoms with Crippen LogP contribution in [0.25, 0.3) is 0 Å². The Kier molecular flexibility index (Phi) is 4.65. The van der Waals surface area contributed by atoms with Crippen molar-refractivity contribution in [2.75, 3.05) is 42.9 Å². The van der Waals surface area contributed by atoms with Gasteiger partial charge in [0.1, 0.15) is 5.82 Å². The van der Waals surface area contributed by atoms with Crippen LogP contribution in [0.5, 0.6) is 0 Å². The highest BCUT2D eigenvalue weighted by Crippen LogP contribution is 2.31. The van der Waals surface area contributed by atoms with Crippen LogP contribution in [-0.2, 0) is 11.8 Å². The molecule has 164 valence electrons. The van der Waals surface area contributed by atoms with Gasteiger partial charge in [-0.25, -0.2) is 14.8 Å². The van der Waals surface area contributed by atoms with Crippen molar-refractivity contribution >= 4 is 29.3 Å². The molecule has 3 aliphatic rings. The van der Waals surface area contributed by atoms with E-state index in [-0.39, 0.29) is 29.2 Å². The summed E-state index contributed by atoms with van der Waals surface area (Å²) in [6.07, 6.45) is 6.51. The van der Waals surface area contributed by atoms with Crippen LogP contribution in [0.1, 0.15) is 23.3 Å². The Morgan fingerprint density at radius 2 is 2.23 bits per heavy atom. The van der Waals surface area contributed by atoms with Crippen molar-refractivity contribution in [2.24, 2.45) is 12.8 Å². The van der Waals surface area contributed by atoms with E-state index in [4.69, 9.17) is 10.5 Å². The van der Waals surface area contributed by atoms with Gasteiger partial charge in [0.05, 0.1) is 30.7 Å². The molecule has 5 heterocycles. The number of hydrogen-bond acceptors (Lipinski definition) is 9. The molecule has 5 rings (SSSR count). The Bertz CT molecular complexity index is 1020. The van der Waals surface area contributed by atoms with Crippen LogP contribution in [0.15, 0.2) is 18.6 Å². The van der Waals surface area contributed by atoms with Crippen LogP contribution < -0.4 is 21.3 Å². The number of primary amides is 1. The number of hydrogen-bond donors (Lipinski definition) is 3. The molecule has 0 saturated carbocycles. The largest absolute Gasteiger partial charge is 0.438 e. The average Bonchev–Trinajstić information content (AvgIpc) is 3.30. The molecule has 3 aliphatic heterocycles. The summed E-state index contributed by atoms with van der Waals surface area (Å²) in [7, 11) is 1.79. The quantitative estimate of drug-likeness (QED) is 0.592. The molecule has 3 fully saturated rings. The zero-order chi connectivity index (χ0) is 21.6. The monoisotopic (exact) mass is 427 g/mol. The number of carbonyl (C=O) groups excluding carboxylic acids is 2. The zero-order valence-corrected chi connectivity index (χ0v) is 17.2. The smallest absolute Gasteiger partial charge is 0.410 e. The molecule has 3 saturated heterocycles. The summed E-state index contributed by atoms with van der Waals surface area (Å²) in [5, 5.41) is 10.4. The third-order valence-corrected chi connectivity index (χ3v) is 6.01. The first-order valence-electron chi connectivity index (χ1n) is 10.3. The summed E-state index contributed by atoms with van der Waals surface area (Å²) in [4.78, 5) is 37.1. The van der Waals surface area contributed by atoms with Crippen molar-refractivity contribution in [3.8, 4) is 0 Å². The number of nitrogens with two attached hydrogens (primary N) is 1. The van der Waals surface area contributed by atoms with Crippen LogP contribution >= 0.6 is 0 Å². The van der Waals surface area contributed by atoms with Crippen molar-refractivity contribution < 1.29 is 14.3 Å². The van der Waals surface area contributed by atoms with E-state index in [0.717, 1.165) is 19.4 Å². The van der Waals surface area contributed by atoms with Crippen molar-refractivity contribution in [3.63, 3.8) is 0 Å². The molecule has 0 radical (unpaired) electrons. The van der Waals surface area contributed by atoms with E-state index in [1.807, 2.05) is 4.90 Å². The van der Waals surface area contributed by atoms with E-state index in [1.165, 1.54) is 0 Å². The maximum absolute atomic E-state index is 12.5. The van der Waals surface area contributed by atoms with Crippen LogP contribution in [0.2, 0.25) is 0 Å². The van der Waals surface area contributed by atoms with Gasteiger partial charge in [-0.05, 0) is 12.8 Å². The van der Waals surface area contributed by atoms with Crippen LogP contribution in [0.4, 0.5) is 22.1 Å². The molecule has 0 bridgehead atoms. The highest BCUT2D eigenvalue weighted by molar-refractivity contribution is 5.96. The minimum Gasteiger partial charge on any atom is -0.438 e. The second-order valence-electron chi connectivity index (χ2n) is 8.34. The molecule has 31 heavy (non-hydrogen) atoms. The van der Waals surface area contributed by atoms with Crippen molar-refractivity contribution in [2.45, 2.75) is 24.5 Å². The maximum Gasteiger partial charge on any atom is 0.410 e. The highest BCUT2D eigenvalue weighted by Gasteiger charge is 2.51. The fraction of sp³-hybridized carbons (Fsp3) is 0.526. The Labute approximate surface area is 178 Å². The number of ether oxygens (including phenoxy) is 1. The van der Waals surface area contributed by atoms with E-state index in [2.05, 4.69) is 30.6 Å². The van der Waals surface area contributed by atoms with Gasteiger partial charge in [-0.1, -0.05) is 0 Å². The minimum atomic E-state index is -0.666. The van der Waals surface area contributed by atoms with Gasteiger partial charge in [0.2, 0.25) is 0 Å². The van der Waals surface area contributed by atoms with Gasteiger partial charge < -0.3 is 26.0 Å². The predicted molar refractivity (Wildman–Crippen MR) is 111 cm³/mol. The summed E-state index contributed by atoms with van der Waals surface area (Å²) in [5.74, 6) is 0.232.